The number of hydrogen-bond donors (Lipinski definition) is 0. The molecule has 0 aromatic heterocycles. The number of rotatable bonds is 3. The Morgan fingerprint density at radius 1 is 1.26 bits per heavy atom. The quantitative estimate of drug-likeness (QED) is 0.291. The molecule has 0 atom stereocenters. The molecular formula is C17H14ClKN2O5S. The Bertz CT molecular complexity index is 1010. The van der Waals surface area contributed by atoms with Crippen LogP contribution in [0.1, 0.15) is 27.9 Å². The first-order valence-corrected chi connectivity index (χ1v) is 9.36. The molecule has 0 saturated heterocycles. The van der Waals surface area contributed by atoms with Crippen molar-refractivity contribution in [2.24, 2.45) is 5.16 Å². The van der Waals surface area contributed by atoms with Crippen molar-refractivity contribution in [1.29, 1.82) is 0 Å². The summed E-state index contributed by atoms with van der Waals surface area (Å²) in [5, 5.41) is 3.82. The van der Waals surface area contributed by atoms with Crippen LogP contribution in [-0.4, -0.2) is 31.1 Å². The van der Waals surface area contributed by atoms with Gasteiger partial charge < -0.3 is 9.45 Å². The van der Waals surface area contributed by atoms with Gasteiger partial charge in [-0.1, -0.05) is 35.0 Å². The van der Waals surface area contributed by atoms with Crippen LogP contribution in [0.3, 0.4) is 0 Å². The number of nitrogens with zero attached hydrogens (tertiary/aromatic N) is 2. The summed E-state index contributed by atoms with van der Waals surface area (Å²) in [5.74, 6) is -0.192. The van der Waals surface area contributed by atoms with Crippen molar-refractivity contribution >= 4 is 39.3 Å². The molecule has 1 amide bonds. The zero-order valence-electron chi connectivity index (χ0n) is 14.7. The van der Waals surface area contributed by atoms with Crippen molar-refractivity contribution in [3.8, 4) is 0 Å². The van der Waals surface area contributed by atoms with Gasteiger partial charge in [-0.25, -0.2) is 0 Å². The zero-order valence-corrected chi connectivity index (χ0v) is 19.4. The van der Waals surface area contributed by atoms with E-state index >= 15 is 0 Å². The van der Waals surface area contributed by atoms with Gasteiger partial charge in [0.15, 0.2) is 0 Å². The summed E-state index contributed by atoms with van der Waals surface area (Å²) in [7, 11) is -4.97. The van der Waals surface area contributed by atoms with Crippen LogP contribution in [0.5, 0.6) is 0 Å². The van der Waals surface area contributed by atoms with E-state index < -0.39 is 10.4 Å². The maximum absolute atomic E-state index is 13.0. The van der Waals surface area contributed by atoms with Gasteiger partial charge in [0.05, 0.1) is 11.4 Å². The molecule has 3 rings (SSSR count). The number of carbonyl (C=O) groups excluding carboxylic acids is 1. The maximum Gasteiger partial charge on any atom is 1.00 e. The van der Waals surface area contributed by atoms with Gasteiger partial charge in [0.1, 0.15) is 0 Å². The van der Waals surface area contributed by atoms with E-state index in [9.17, 15) is 17.8 Å². The molecular weight excluding hydrogens is 419 g/mol. The fraction of sp³-hybridized carbons (Fsp3) is 0.176. The third-order valence-corrected chi connectivity index (χ3v) is 4.48. The minimum atomic E-state index is -4.97. The molecule has 1 heterocycles. The average molecular weight is 433 g/mol. The fourth-order valence-electron chi connectivity index (χ4n) is 2.80. The summed E-state index contributed by atoms with van der Waals surface area (Å²) in [6.07, 6.45) is 0.209. The Hall–Kier alpha value is -0.784. The van der Waals surface area contributed by atoms with Crippen molar-refractivity contribution in [3.05, 3.63) is 64.2 Å². The molecule has 0 N–H and O–H groups in total. The first-order valence-electron chi connectivity index (χ1n) is 7.65. The van der Waals surface area contributed by atoms with Crippen LogP contribution >= 0.6 is 11.6 Å². The molecule has 0 spiro atoms. The topological polar surface area (TPSA) is 99.1 Å². The van der Waals surface area contributed by atoms with Crippen LogP contribution in [0, 0.1) is 6.92 Å². The van der Waals surface area contributed by atoms with E-state index in [4.69, 9.17) is 11.6 Å². The van der Waals surface area contributed by atoms with Gasteiger partial charge in [-0.3, -0.25) is 9.08 Å². The van der Waals surface area contributed by atoms with Crippen molar-refractivity contribution in [2.45, 2.75) is 13.3 Å². The van der Waals surface area contributed by atoms with Crippen LogP contribution in [0.25, 0.3) is 0 Å². The number of carbonyl (C=O) groups is 1. The van der Waals surface area contributed by atoms with Gasteiger partial charge in [-0.15, -0.1) is 0 Å². The van der Waals surface area contributed by atoms with Crippen molar-refractivity contribution in [2.75, 3.05) is 11.4 Å². The molecule has 0 bridgehead atoms. The molecule has 0 radical (unpaired) electrons. The Morgan fingerprint density at radius 3 is 2.63 bits per heavy atom. The molecule has 136 valence electrons. The van der Waals surface area contributed by atoms with E-state index in [1.807, 2.05) is 19.1 Å². The first-order chi connectivity index (χ1) is 12.3. The second-order valence-corrected chi connectivity index (χ2v) is 7.11. The summed E-state index contributed by atoms with van der Waals surface area (Å²) < 4.78 is 36.0. The molecule has 0 fully saturated rings. The molecule has 10 heteroatoms. The Morgan fingerprint density at radius 2 is 1.96 bits per heavy atom. The van der Waals surface area contributed by atoms with E-state index in [-0.39, 0.29) is 76.0 Å². The number of benzene rings is 2. The van der Waals surface area contributed by atoms with E-state index in [1.54, 1.807) is 35.2 Å². The Kier molecular flexibility index (Phi) is 7.62. The summed E-state index contributed by atoms with van der Waals surface area (Å²) >= 11 is 6.02. The third-order valence-electron chi connectivity index (χ3n) is 3.99. The van der Waals surface area contributed by atoms with Crippen LogP contribution in [0.2, 0.25) is 5.02 Å². The molecule has 2 aromatic carbocycles. The second kappa shape index (κ2) is 9.14. The number of fused-ring (bicyclic) bond motifs is 1. The molecule has 0 saturated carbocycles. The number of hydrogen-bond acceptors (Lipinski definition) is 6. The van der Waals surface area contributed by atoms with Crippen molar-refractivity contribution in [3.63, 3.8) is 0 Å². The minimum Gasteiger partial charge on any atom is -0.714 e. The number of halogens is 1. The number of amides is 1. The largest absolute Gasteiger partial charge is 1.00 e. The molecule has 0 unspecified atom stereocenters. The third kappa shape index (κ3) is 5.39. The monoisotopic (exact) mass is 432 g/mol. The molecule has 27 heavy (non-hydrogen) atoms. The van der Waals surface area contributed by atoms with Crippen LogP contribution in [0.4, 0.5) is 5.69 Å². The number of anilines is 1. The van der Waals surface area contributed by atoms with Gasteiger partial charge in [-0.2, -0.15) is 8.42 Å². The van der Waals surface area contributed by atoms with Gasteiger partial charge in [0.2, 0.25) is 0 Å². The maximum atomic E-state index is 13.0. The first kappa shape index (κ1) is 22.5. The summed E-state index contributed by atoms with van der Waals surface area (Å²) in [4.78, 5) is 14.5. The zero-order chi connectivity index (χ0) is 18.9. The van der Waals surface area contributed by atoms with E-state index in [0.29, 0.717) is 21.8 Å². The average Bonchev–Trinajstić information content (AvgIpc) is 2.58. The summed E-state index contributed by atoms with van der Waals surface area (Å²) in [6, 6.07) is 12.0. The Labute approximate surface area is 204 Å². The van der Waals surface area contributed by atoms with Crippen LogP contribution < -0.4 is 56.3 Å². The van der Waals surface area contributed by atoms with Gasteiger partial charge in [0.25, 0.3) is 16.3 Å². The van der Waals surface area contributed by atoms with E-state index in [2.05, 4.69) is 9.44 Å². The molecule has 1 aliphatic heterocycles. The van der Waals surface area contributed by atoms with Crippen molar-refractivity contribution < 1.29 is 73.4 Å². The van der Waals surface area contributed by atoms with E-state index in [1.165, 1.54) is 0 Å². The number of aryl methyl sites for hydroxylation is 1. The van der Waals surface area contributed by atoms with Crippen molar-refractivity contribution in [1.82, 2.24) is 0 Å². The number of oxime groups is 1. The predicted molar refractivity (Wildman–Crippen MR) is 96.2 cm³/mol. The van der Waals surface area contributed by atoms with Crippen LogP contribution in [0.15, 0.2) is 47.6 Å². The van der Waals surface area contributed by atoms with Gasteiger partial charge in [-0.05, 0) is 36.8 Å². The Balaban J connectivity index is 0.00000261. The van der Waals surface area contributed by atoms with E-state index in [0.717, 1.165) is 5.56 Å². The molecule has 7 nitrogen and oxygen atoms in total. The predicted octanol–water partition coefficient (Wildman–Crippen LogP) is -0.116. The standard InChI is InChI=1S/C17H15ClN2O5S.K/c1-11-4-2-3-5-13(11)17(21)20-9-8-15(19-25-26(22,23)24)14-10-12(18)6-7-16(14)20;/h2-7,10H,8-9H2,1H3,(H,22,23,24);/q;+1/p-1. The molecule has 0 aliphatic carbocycles. The summed E-state index contributed by atoms with van der Waals surface area (Å²) in [5.41, 5.74) is 2.59. The molecule has 1 aliphatic rings. The SMILES string of the molecule is Cc1ccccc1C(=O)N1CCC(=NOS(=O)(=O)[O-])c2cc(Cl)ccc21.[K+]. The minimum absolute atomic E-state index is 0. The van der Waals surface area contributed by atoms with Crippen LogP contribution in [-0.2, 0) is 14.7 Å². The summed E-state index contributed by atoms with van der Waals surface area (Å²) in [6.45, 7) is 2.10. The molecule has 2 aromatic rings. The van der Waals surface area contributed by atoms with Gasteiger partial charge >= 0.3 is 51.4 Å². The second-order valence-electron chi connectivity index (χ2n) is 5.70. The smallest absolute Gasteiger partial charge is 0.714 e. The normalized spacial score (nSPS) is 15.1. The van der Waals surface area contributed by atoms with Gasteiger partial charge in [0, 0.05) is 29.1 Å². The fourth-order valence-corrected chi connectivity index (χ4v) is 3.16.